The van der Waals surface area contributed by atoms with Crippen molar-refractivity contribution in [2.45, 2.75) is 31.9 Å². The highest BCUT2D eigenvalue weighted by molar-refractivity contribution is 9.10. The minimum absolute atomic E-state index is 0.0358. The van der Waals surface area contributed by atoms with Gasteiger partial charge in [0.05, 0.1) is 0 Å². The van der Waals surface area contributed by atoms with Crippen molar-refractivity contribution in [2.24, 2.45) is 0 Å². The fourth-order valence-electron chi connectivity index (χ4n) is 2.96. The van der Waals surface area contributed by atoms with Gasteiger partial charge >= 0.3 is 0 Å². The van der Waals surface area contributed by atoms with Crippen molar-refractivity contribution in [1.82, 2.24) is 14.8 Å². The van der Waals surface area contributed by atoms with Gasteiger partial charge in [0.1, 0.15) is 11.1 Å². The summed E-state index contributed by atoms with van der Waals surface area (Å²) in [6.45, 7) is 1.39. The van der Waals surface area contributed by atoms with Gasteiger partial charge in [0.15, 0.2) is 0 Å². The molecule has 0 saturated carbocycles. The van der Waals surface area contributed by atoms with Crippen LogP contribution in [0.2, 0.25) is 0 Å². The Kier molecular flexibility index (Phi) is 4.82. The molecular formula is C17H17BrN4O2S. The molecule has 130 valence electrons. The third-order valence-corrected chi connectivity index (χ3v) is 5.63. The maximum absolute atomic E-state index is 12.2. The second kappa shape index (κ2) is 7.23. The molecule has 8 heteroatoms. The number of carbonyl (C=O) groups is 1. The van der Waals surface area contributed by atoms with Gasteiger partial charge in [-0.1, -0.05) is 27.3 Å². The third-order valence-electron chi connectivity index (χ3n) is 4.20. The van der Waals surface area contributed by atoms with E-state index in [1.54, 1.807) is 0 Å². The minimum atomic E-state index is -0.0611. The van der Waals surface area contributed by atoms with Crippen LogP contribution in [-0.2, 0) is 16.1 Å². The number of nitrogens with zero attached hydrogens (tertiary/aromatic N) is 3. The third kappa shape index (κ3) is 3.75. The van der Waals surface area contributed by atoms with Crippen LogP contribution in [-0.4, -0.2) is 27.3 Å². The first-order valence-corrected chi connectivity index (χ1v) is 9.79. The van der Waals surface area contributed by atoms with Gasteiger partial charge in [0, 0.05) is 41.1 Å². The molecule has 1 N–H and O–H groups in total. The highest BCUT2D eigenvalue weighted by Crippen LogP contribution is 2.31. The lowest BCUT2D eigenvalue weighted by Gasteiger charge is -2.05. The molecule has 2 aromatic heterocycles. The van der Waals surface area contributed by atoms with Crippen LogP contribution in [0.15, 0.2) is 34.9 Å². The molecule has 1 aliphatic heterocycles. The van der Waals surface area contributed by atoms with Crippen LogP contribution in [0.5, 0.6) is 0 Å². The summed E-state index contributed by atoms with van der Waals surface area (Å²) in [5.74, 6) is -0.0611. The number of hydrogen-bond acceptors (Lipinski definition) is 5. The van der Waals surface area contributed by atoms with Crippen molar-refractivity contribution in [1.29, 1.82) is 0 Å². The summed E-state index contributed by atoms with van der Waals surface area (Å²) >= 11 is 4.87. The average Bonchev–Trinajstić information content (AvgIpc) is 3.33. The van der Waals surface area contributed by atoms with Crippen molar-refractivity contribution >= 4 is 49.2 Å². The van der Waals surface area contributed by atoms with Crippen molar-refractivity contribution < 1.29 is 9.53 Å². The van der Waals surface area contributed by atoms with E-state index in [1.807, 2.05) is 12.3 Å². The Morgan fingerprint density at radius 1 is 1.40 bits per heavy atom. The highest BCUT2D eigenvalue weighted by atomic mass is 79.9. The maximum Gasteiger partial charge on any atom is 0.227 e. The zero-order valence-electron chi connectivity index (χ0n) is 13.4. The highest BCUT2D eigenvalue weighted by Gasteiger charge is 2.22. The summed E-state index contributed by atoms with van der Waals surface area (Å²) in [6, 6.07) is 8.18. The Morgan fingerprint density at radius 2 is 2.32 bits per heavy atom. The summed E-state index contributed by atoms with van der Waals surface area (Å²) in [5, 5.41) is 13.5. The number of nitrogens with one attached hydrogen (secondary N) is 1. The molecule has 0 spiro atoms. The monoisotopic (exact) mass is 420 g/mol. The Hall–Kier alpha value is -1.77. The normalized spacial score (nSPS) is 17.2. The number of fused-ring (bicyclic) bond motifs is 1. The van der Waals surface area contributed by atoms with E-state index in [-0.39, 0.29) is 12.0 Å². The van der Waals surface area contributed by atoms with E-state index >= 15 is 0 Å². The molecule has 25 heavy (non-hydrogen) atoms. The molecule has 4 rings (SSSR count). The molecule has 1 aromatic carbocycles. The van der Waals surface area contributed by atoms with Gasteiger partial charge in [-0.05, 0) is 37.1 Å². The SMILES string of the molecule is O=C(CCn1ccc2cc(Br)ccc21)Nc1nnc(C2CCCO2)s1. The van der Waals surface area contributed by atoms with Gasteiger partial charge in [-0.2, -0.15) is 0 Å². The number of amides is 1. The number of anilines is 1. The molecule has 0 aliphatic carbocycles. The van der Waals surface area contributed by atoms with Crippen LogP contribution in [0.3, 0.4) is 0 Å². The van der Waals surface area contributed by atoms with Crippen molar-refractivity contribution in [3.63, 3.8) is 0 Å². The first kappa shape index (κ1) is 16.7. The zero-order chi connectivity index (χ0) is 17.2. The standard InChI is InChI=1S/C17H17BrN4O2S/c18-12-3-4-13-11(10-12)5-7-22(13)8-6-15(23)19-17-21-20-16(25-17)14-2-1-9-24-14/h3-5,7,10,14H,1-2,6,8-9H2,(H,19,21,23). The Morgan fingerprint density at radius 3 is 3.16 bits per heavy atom. The van der Waals surface area contributed by atoms with Crippen molar-refractivity contribution in [3.05, 3.63) is 39.9 Å². The fourth-order valence-corrected chi connectivity index (χ4v) is 4.18. The number of aryl methyl sites for hydroxylation is 1. The van der Waals surface area contributed by atoms with Crippen molar-refractivity contribution in [3.8, 4) is 0 Å². The van der Waals surface area contributed by atoms with Crippen molar-refractivity contribution in [2.75, 3.05) is 11.9 Å². The molecule has 1 unspecified atom stereocenters. The number of hydrogen-bond donors (Lipinski definition) is 1. The summed E-state index contributed by atoms with van der Waals surface area (Å²) in [7, 11) is 0. The molecular weight excluding hydrogens is 404 g/mol. The quantitative estimate of drug-likeness (QED) is 0.673. The summed E-state index contributed by atoms with van der Waals surface area (Å²) in [6.07, 6.45) is 4.44. The predicted molar refractivity (Wildman–Crippen MR) is 101 cm³/mol. The average molecular weight is 421 g/mol. The minimum Gasteiger partial charge on any atom is -0.371 e. The molecule has 3 heterocycles. The van der Waals surface area contributed by atoms with Gasteiger partial charge in [-0.25, -0.2) is 0 Å². The Balaban J connectivity index is 1.35. The molecule has 1 fully saturated rings. The van der Waals surface area contributed by atoms with Crippen LogP contribution in [0.4, 0.5) is 5.13 Å². The van der Waals surface area contributed by atoms with Crippen LogP contribution < -0.4 is 5.32 Å². The van der Waals surface area contributed by atoms with E-state index in [0.717, 1.165) is 39.8 Å². The zero-order valence-corrected chi connectivity index (χ0v) is 15.8. The first-order chi connectivity index (χ1) is 12.2. The Bertz CT molecular complexity index is 901. The summed E-state index contributed by atoms with van der Waals surface area (Å²) < 4.78 is 8.72. The smallest absolute Gasteiger partial charge is 0.227 e. The second-order valence-corrected chi connectivity index (χ2v) is 7.88. The summed E-state index contributed by atoms with van der Waals surface area (Å²) in [5.41, 5.74) is 1.12. The van der Waals surface area contributed by atoms with Gasteiger partial charge in [-0.3, -0.25) is 4.79 Å². The Labute approximate surface area is 157 Å². The molecule has 1 amide bonds. The molecule has 6 nitrogen and oxygen atoms in total. The number of ether oxygens (including phenoxy) is 1. The number of halogens is 1. The van der Waals surface area contributed by atoms with E-state index < -0.39 is 0 Å². The lowest BCUT2D eigenvalue weighted by Crippen LogP contribution is -2.14. The van der Waals surface area contributed by atoms with E-state index in [0.29, 0.717) is 18.1 Å². The number of benzene rings is 1. The van der Waals surface area contributed by atoms with Crippen LogP contribution in [0.1, 0.15) is 30.4 Å². The maximum atomic E-state index is 12.2. The molecule has 0 radical (unpaired) electrons. The first-order valence-electron chi connectivity index (χ1n) is 8.18. The van der Waals surface area contributed by atoms with Gasteiger partial charge in [0.2, 0.25) is 11.0 Å². The van der Waals surface area contributed by atoms with E-state index in [1.165, 1.54) is 11.3 Å². The molecule has 1 aliphatic rings. The van der Waals surface area contributed by atoms with Gasteiger partial charge < -0.3 is 14.6 Å². The summed E-state index contributed by atoms with van der Waals surface area (Å²) in [4.78, 5) is 12.2. The van der Waals surface area contributed by atoms with Gasteiger partial charge in [0.25, 0.3) is 0 Å². The second-order valence-electron chi connectivity index (χ2n) is 5.96. The lowest BCUT2D eigenvalue weighted by atomic mass is 10.2. The van der Waals surface area contributed by atoms with E-state index in [4.69, 9.17) is 4.74 Å². The van der Waals surface area contributed by atoms with E-state index in [2.05, 4.69) is 54.2 Å². The molecule has 3 aromatic rings. The number of carbonyl (C=O) groups excluding carboxylic acids is 1. The molecule has 1 atom stereocenters. The lowest BCUT2D eigenvalue weighted by molar-refractivity contribution is -0.116. The molecule has 1 saturated heterocycles. The number of aromatic nitrogens is 3. The van der Waals surface area contributed by atoms with Crippen LogP contribution in [0.25, 0.3) is 10.9 Å². The number of rotatable bonds is 5. The van der Waals surface area contributed by atoms with E-state index in [9.17, 15) is 4.79 Å². The topological polar surface area (TPSA) is 69.0 Å². The largest absolute Gasteiger partial charge is 0.371 e. The van der Waals surface area contributed by atoms with Gasteiger partial charge in [-0.15, -0.1) is 10.2 Å². The van der Waals surface area contributed by atoms with Crippen LogP contribution >= 0.6 is 27.3 Å². The fraction of sp³-hybridized carbons (Fsp3) is 0.353. The van der Waals surface area contributed by atoms with Crippen LogP contribution in [0, 0.1) is 0 Å². The molecule has 0 bridgehead atoms. The predicted octanol–water partition coefficient (Wildman–Crippen LogP) is 4.14.